The van der Waals surface area contributed by atoms with Gasteiger partial charge in [0.15, 0.2) is 0 Å². The van der Waals surface area contributed by atoms with Crippen molar-refractivity contribution in [1.29, 1.82) is 0 Å². The summed E-state index contributed by atoms with van der Waals surface area (Å²) in [6.07, 6.45) is 6.52. The van der Waals surface area contributed by atoms with E-state index in [0.717, 1.165) is 55.4 Å². The van der Waals surface area contributed by atoms with E-state index in [4.69, 9.17) is 9.47 Å². The summed E-state index contributed by atoms with van der Waals surface area (Å²) in [6, 6.07) is 41.4. The zero-order chi connectivity index (χ0) is 36.7. The van der Waals surface area contributed by atoms with Crippen LogP contribution in [0.25, 0.3) is 50.3 Å². The van der Waals surface area contributed by atoms with Crippen molar-refractivity contribution in [2.45, 2.75) is 52.4 Å². The molecule has 0 saturated carbocycles. The van der Waals surface area contributed by atoms with Gasteiger partial charge in [0.25, 0.3) is 0 Å². The summed E-state index contributed by atoms with van der Waals surface area (Å²) >= 11 is 0. The number of pyridine rings is 2. The summed E-state index contributed by atoms with van der Waals surface area (Å²) in [6.45, 7) is 13.2. The normalized spacial score (nSPS) is 11.5. The molecule has 8 nitrogen and oxygen atoms in total. The Bertz CT molecular complexity index is 2420. The standard InChI is InChI=1S/C45H36N6O2.2Pt/c1-44(2,3)35-23-33(52-31-15-11-13-29(21-31)37-17-7-9-19-47-37)25-39-41(35)42-36(45(4,5)6)24-34(26-40(42)51(39)43-49-27-46-28-50-43)53-32-16-12-14-30(22-32)38-18-8-10-20-48-38;;/h7-20,23-24,27-28H,1-6H3;;/q-4;2*+2. The molecule has 0 spiro atoms. The molecule has 4 aromatic heterocycles. The number of nitrogens with zero attached hydrogens (tertiary/aromatic N) is 6. The van der Waals surface area contributed by atoms with Crippen molar-refractivity contribution in [2.75, 3.05) is 0 Å². The maximum Gasteiger partial charge on any atom is 2.00 e. The van der Waals surface area contributed by atoms with Crippen molar-refractivity contribution in [3.63, 3.8) is 0 Å². The number of hydrogen-bond acceptors (Lipinski definition) is 7. The second-order valence-corrected chi connectivity index (χ2v) is 14.8. The number of aromatic nitrogens is 6. The predicted octanol–water partition coefficient (Wildman–Crippen LogP) is 10.5. The van der Waals surface area contributed by atoms with Crippen molar-refractivity contribution >= 4 is 21.8 Å². The second kappa shape index (κ2) is 16.0. The van der Waals surface area contributed by atoms with Crippen LogP contribution in [0.4, 0.5) is 0 Å². The Kier molecular flexibility index (Phi) is 11.5. The maximum absolute atomic E-state index is 6.57. The van der Waals surface area contributed by atoms with Crippen LogP contribution in [0.5, 0.6) is 23.0 Å². The van der Waals surface area contributed by atoms with Gasteiger partial charge < -0.3 is 24.0 Å². The molecule has 278 valence electrons. The summed E-state index contributed by atoms with van der Waals surface area (Å²) < 4.78 is 15.1. The van der Waals surface area contributed by atoms with Crippen LogP contribution >= 0.6 is 0 Å². The molecule has 0 unspecified atom stereocenters. The zero-order valence-corrected chi connectivity index (χ0v) is 35.6. The molecule has 0 aliphatic rings. The van der Waals surface area contributed by atoms with E-state index in [9.17, 15) is 0 Å². The Morgan fingerprint density at radius 3 is 1.36 bits per heavy atom. The quantitative estimate of drug-likeness (QED) is 0.147. The van der Waals surface area contributed by atoms with Gasteiger partial charge in [-0.25, -0.2) is 15.0 Å². The van der Waals surface area contributed by atoms with E-state index in [0.29, 0.717) is 28.9 Å². The van der Waals surface area contributed by atoms with Gasteiger partial charge in [0.2, 0.25) is 5.95 Å². The third-order valence-electron chi connectivity index (χ3n) is 8.90. The van der Waals surface area contributed by atoms with Crippen molar-refractivity contribution in [3.05, 3.63) is 145 Å². The van der Waals surface area contributed by atoms with E-state index in [-0.39, 0.29) is 53.0 Å². The van der Waals surface area contributed by atoms with Gasteiger partial charge in [-0.05, 0) is 34.4 Å². The van der Waals surface area contributed by atoms with Crippen molar-refractivity contribution < 1.29 is 51.6 Å². The molecular weight excluding hydrogens is 1050 g/mol. The van der Waals surface area contributed by atoms with Crippen molar-refractivity contribution in [1.82, 2.24) is 29.5 Å². The van der Waals surface area contributed by atoms with Gasteiger partial charge in [-0.3, -0.25) is 0 Å². The minimum absolute atomic E-state index is 0. The molecule has 0 atom stereocenters. The number of rotatable bonds is 7. The number of fused-ring (bicyclic) bond motifs is 3. The Balaban J connectivity index is 0.00000257. The largest absolute Gasteiger partial charge is 2.00 e. The molecule has 55 heavy (non-hydrogen) atoms. The molecule has 0 saturated heterocycles. The summed E-state index contributed by atoms with van der Waals surface area (Å²) in [5.74, 6) is 2.59. The molecule has 0 radical (unpaired) electrons. The van der Waals surface area contributed by atoms with Crippen LogP contribution in [0.2, 0.25) is 0 Å². The van der Waals surface area contributed by atoms with E-state index >= 15 is 0 Å². The topological polar surface area (TPSA) is 87.8 Å². The summed E-state index contributed by atoms with van der Waals surface area (Å²) in [5.41, 5.74) is 6.34. The number of ether oxygens (including phenoxy) is 2. The fraction of sp³-hybridized carbons (Fsp3) is 0.178. The molecule has 8 rings (SSSR count). The molecule has 8 aromatic rings. The van der Waals surface area contributed by atoms with E-state index in [1.54, 1.807) is 12.4 Å². The van der Waals surface area contributed by atoms with Gasteiger partial charge >= 0.3 is 42.1 Å². The molecule has 4 aromatic carbocycles. The van der Waals surface area contributed by atoms with Gasteiger partial charge in [0.05, 0.1) is 0 Å². The van der Waals surface area contributed by atoms with E-state index in [1.807, 2.05) is 77.4 Å². The Labute approximate surface area is 350 Å². The first-order chi connectivity index (χ1) is 25.5. The van der Waals surface area contributed by atoms with Crippen LogP contribution in [0.15, 0.2) is 110 Å². The monoisotopic (exact) mass is 1080 g/mol. The second-order valence-electron chi connectivity index (χ2n) is 14.8. The van der Waals surface area contributed by atoms with E-state index in [2.05, 4.69) is 103 Å². The van der Waals surface area contributed by atoms with Gasteiger partial charge in [-0.1, -0.05) is 89.0 Å². The number of hydrogen-bond donors (Lipinski definition) is 0. The van der Waals surface area contributed by atoms with Gasteiger partial charge in [0, 0.05) is 35.4 Å². The fourth-order valence-corrected chi connectivity index (χ4v) is 6.48. The SMILES string of the molecule is CC(C)(C)c1cc(Oc2[c-]c(-c3ccccn3)ccc2)[c-]c2c1c1c(C(C)(C)C)cc(Oc3[c-]c(-c4ccccn4)ccc3)[c-]c1n2-c1ncncn1.[Pt+2].[Pt+2]. The maximum atomic E-state index is 6.57. The summed E-state index contributed by atoms with van der Waals surface area (Å²) in [4.78, 5) is 22.3. The van der Waals surface area contributed by atoms with E-state index in [1.165, 1.54) is 12.7 Å². The summed E-state index contributed by atoms with van der Waals surface area (Å²) in [7, 11) is 0. The molecule has 0 fully saturated rings. The molecule has 4 heterocycles. The molecule has 0 aliphatic heterocycles. The Morgan fingerprint density at radius 1 is 0.509 bits per heavy atom. The molecule has 0 amide bonds. The smallest absolute Gasteiger partial charge is 0.503 e. The van der Waals surface area contributed by atoms with Crippen LogP contribution in [-0.2, 0) is 53.0 Å². The fourth-order valence-electron chi connectivity index (χ4n) is 6.48. The third-order valence-corrected chi connectivity index (χ3v) is 8.90. The minimum Gasteiger partial charge on any atom is -0.503 e. The molecule has 0 aliphatic carbocycles. The summed E-state index contributed by atoms with van der Waals surface area (Å²) in [5, 5.41) is 2.03. The Hall–Kier alpha value is -5.03. The Morgan fingerprint density at radius 2 is 0.964 bits per heavy atom. The zero-order valence-electron chi connectivity index (χ0n) is 31.0. The average Bonchev–Trinajstić information content (AvgIpc) is 3.48. The van der Waals surface area contributed by atoms with Crippen LogP contribution in [0.3, 0.4) is 0 Å². The van der Waals surface area contributed by atoms with Gasteiger partial charge in [0.1, 0.15) is 12.7 Å². The third kappa shape index (κ3) is 8.17. The predicted molar refractivity (Wildman–Crippen MR) is 206 cm³/mol. The first-order valence-corrected chi connectivity index (χ1v) is 17.4. The van der Waals surface area contributed by atoms with Crippen LogP contribution in [-0.4, -0.2) is 29.5 Å². The van der Waals surface area contributed by atoms with Crippen LogP contribution in [0, 0.1) is 24.3 Å². The van der Waals surface area contributed by atoms with Gasteiger partial charge in [-0.2, -0.15) is 21.9 Å². The molecular formula is C45H36N6O2Pt2. The van der Waals surface area contributed by atoms with Crippen molar-refractivity contribution in [2.24, 2.45) is 0 Å². The molecule has 0 bridgehead atoms. The number of benzene rings is 4. The van der Waals surface area contributed by atoms with Crippen LogP contribution in [0.1, 0.15) is 52.7 Å². The van der Waals surface area contributed by atoms with E-state index < -0.39 is 0 Å². The average molecular weight is 1080 g/mol. The first kappa shape index (κ1) is 39.7. The molecule has 10 heteroatoms. The minimum atomic E-state index is -0.297. The van der Waals surface area contributed by atoms with Crippen LogP contribution < -0.4 is 9.47 Å². The molecule has 0 N–H and O–H groups in total. The first-order valence-electron chi connectivity index (χ1n) is 17.4. The van der Waals surface area contributed by atoms with Gasteiger partial charge in [-0.15, -0.1) is 71.8 Å². The van der Waals surface area contributed by atoms with Crippen molar-refractivity contribution in [3.8, 4) is 51.5 Å².